The third kappa shape index (κ3) is 5.10. The van der Waals surface area contributed by atoms with Crippen LogP contribution < -0.4 is 10.3 Å². The van der Waals surface area contributed by atoms with Gasteiger partial charge in [0.15, 0.2) is 0 Å². The van der Waals surface area contributed by atoms with Gasteiger partial charge in [-0.25, -0.2) is 18.7 Å². The second kappa shape index (κ2) is 11.0. The lowest BCUT2D eigenvalue weighted by Crippen LogP contribution is -2.19. The standard InChI is InChI=1S/C28H24FN3O6/c1-16(30-23-15-18(27(34)37-3)7-14-22(23)28(35)38-4)24-25(17-5-12-21(36-2)13-6-17)31-32(26(24)33)20-10-8-19(29)9-11-20/h5-15,31H,1-4H3. The smallest absolute Gasteiger partial charge is 0.340 e. The quantitative estimate of drug-likeness (QED) is 0.281. The predicted octanol–water partition coefficient (Wildman–Crippen LogP) is 4.69. The number of aromatic nitrogens is 2. The van der Waals surface area contributed by atoms with Crippen molar-refractivity contribution in [3.8, 4) is 22.7 Å². The van der Waals surface area contributed by atoms with E-state index in [1.54, 1.807) is 38.3 Å². The maximum atomic E-state index is 13.7. The molecule has 0 saturated heterocycles. The van der Waals surface area contributed by atoms with E-state index in [2.05, 4.69) is 10.1 Å². The molecular formula is C28H24FN3O6. The van der Waals surface area contributed by atoms with Crippen LogP contribution in [0.4, 0.5) is 10.1 Å². The lowest BCUT2D eigenvalue weighted by atomic mass is 10.0. The summed E-state index contributed by atoms with van der Waals surface area (Å²) in [6.07, 6.45) is 0. The zero-order valence-corrected chi connectivity index (χ0v) is 21.1. The lowest BCUT2D eigenvalue weighted by Gasteiger charge is -2.08. The molecule has 3 aromatic carbocycles. The highest BCUT2D eigenvalue weighted by molar-refractivity contribution is 6.07. The first-order valence-corrected chi connectivity index (χ1v) is 11.4. The Morgan fingerprint density at radius 1 is 0.895 bits per heavy atom. The molecule has 38 heavy (non-hydrogen) atoms. The van der Waals surface area contributed by atoms with E-state index in [1.807, 2.05) is 0 Å². The van der Waals surface area contributed by atoms with Gasteiger partial charge in [0.2, 0.25) is 0 Å². The molecule has 0 atom stereocenters. The van der Waals surface area contributed by atoms with E-state index in [0.717, 1.165) is 0 Å². The van der Waals surface area contributed by atoms with E-state index < -0.39 is 23.3 Å². The van der Waals surface area contributed by atoms with Crippen molar-refractivity contribution in [3.63, 3.8) is 0 Å². The summed E-state index contributed by atoms with van der Waals surface area (Å²) in [6.45, 7) is 1.61. The zero-order valence-electron chi connectivity index (χ0n) is 21.1. The van der Waals surface area contributed by atoms with Gasteiger partial charge < -0.3 is 14.2 Å². The molecule has 194 valence electrons. The number of nitrogens with one attached hydrogen (secondary N) is 1. The number of hydrogen-bond donors (Lipinski definition) is 1. The molecule has 4 rings (SSSR count). The number of H-pyrrole nitrogens is 1. The van der Waals surface area contributed by atoms with E-state index in [1.165, 1.54) is 61.4 Å². The molecule has 0 aliphatic heterocycles. The molecule has 10 heteroatoms. The second-order valence-electron chi connectivity index (χ2n) is 8.12. The number of rotatable bonds is 7. The Bertz CT molecular complexity index is 1580. The summed E-state index contributed by atoms with van der Waals surface area (Å²) < 4.78 is 29.7. The maximum Gasteiger partial charge on any atom is 0.340 e. The number of benzene rings is 3. The van der Waals surface area contributed by atoms with Gasteiger partial charge >= 0.3 is 11.9 Å². The summed E-state index contributed by atoms with van der Waals surface area (Å²) in [5.41, 5.74) is 1.90. The zero-order chi connectivity index (χ0) is 27.4. The predicted molar refractivity (Wildman–Crippen MR) is 139 cm³/mol. The molecule has 0 amide bonds. The number of carbonyl (C=O) groups is 2. The minimum absolute atomic E-state index is 0.0971. The summed E-state index contributed by atoms with van der Waals surface area (Å²) >= 11 is 0. The number of methoxy groups -OCH3 is 3. The SMILES string of the molecule is COC(=O)c1ccc(C(=O)OC)c(N=C(C)c2c(-c3ccc(OC)cc3)[nH]n(-c3ccc(F)cc3)c2=O)c1. The largest absolute Gasteiger partial charge is 0.497 e. The summed E-state index contributed by atoms with van der Waals surface area (Å²) in [6, 6.07) is 16.7. The normalized spacial score (nSPS) is 11.2. The maximum absolute atomic E-state index is 13.7. The molecule has 0 unspecified atom stereocenters. The molecule has 0 bridgehead atoms. The van der Waals surface area contributed by atoms with E-state index in [-0.39, 0.29) is 28.1 Å². The van der Waals surface area contributed by atoms with Crippen molar-refractivity contribution in [1.82, 2.24) is 9.78 Å². The number of aromatic amines is 1. The summed E-state index contributed by atoms with van der Waals surface area (Å²) in [5, 5.41) is 3.09. The van der Waals surface area contributed by atoms with Crippen LogP contribution in [0, 0.1) is 5.82 Å². The van der Waals surface area contributed by atoms with Crippen LogP contribution >= 0.6 is 0 Å². The van der Waals surface area contributed by atoms with Gasteiger partial charge in [0.05, 0.1) is 60.8 Å². The molecule has 1 N–H and O–H groups in total. The van der Waals surface area contributed by atoms with Crippen LogP contribution in [0.2, 0.25) is 0 Å². The second-order valence-corrected chi connectivity index (χ2v) is 8.12. The highest BCUT2D eigenvalue weighted by atomic mass is 19.1. The third-order valence-electron chi connectivity index (χ3n) is 5.83. The van der Waals surface area contributed by atoms with Gasteiger partial charge in [0, 0.05) is 5.56 Å². The number of esters is 2. The van der Waals surface area contributed by atoms with Crippen LogP contribution in [-0.2, 0) is 9.47 Å². The molecule has 0 saturated carbocycles. The van der Waals surface area contributed by atoms with Crippen LogP contribution in [0.3, 0.4) is 0 Å². The average Bonchev–Trinajstić information content (AvgIpc) is 3.29. The molecule has 1 heterocycles. The van der Waals surface area contributed by atoms with Crippen molar-refractivity contribution < 1.29 is 28.2 Å². The Morgan fingerprint density at radius 3 is 2.16 bits per heavy atom. The van der Waals surface area contributed by atoms with Gasteiger partial charge in [0.1, 0.15) is 11.6 Å². The Kier molecular flexibility index (Phi) is 7.52. The van der Waals surface area contributed by atoms with Gasteiger partial charge in [-0.3, -0.25) is 14.9 Å². The number of aliphatic imine (C=N–C) groups is 1. The molecular weight excluding hydrogens is 493 g/mol. The van der Waals surface area contributed by atoms with Crippen molar-refractivity contribution in [2.24, 2.45) is 4.99 Å². The minimum atomic E-state index is -0.666. The minimum Gasteiger partial charge on any atom is -0.497 e. The first-order chi connectivity index (χ1) is 18.3. The summed E-state index contributed by atoms with van der Waals surface area (Å²) in [7, 11) is 4.02. The molecule has 9 nitrogen and oxygen atoms in total. The summed E-state index contributed by atoms with van der Waals surface area (Å²) in [4.78, 5) is 42.8. The fourth-order valence-corrected chi connectivity index (χ4v) is 3.90. The summed E-state index contributed by atoms with van der Waals surface area (Å²) in [5.74, 6) is -1.10. The van der Waals surface area contributed by atoms with E-state index >= 15 is 0 Å². The highest BCUT2D eigenvalue weighted by Crippen LogP contribution is 2.27. The van der Waals surface area contributed by atoms with Crippen molar-refractivity contribution in [2.75, 3.05) is 21.3 Å². The number of hydrogen-bond acceptors (Lipinski definition) is 7. The molecule has 0 spiro atoms. The van der Waals surface area contributed by atoms with Gasteiger partial charge in [0.25, 0.3) is 5.56 Å². The van der Waals surface area contributed by atoms with Crippen molar-refractivity contribution in [2.45, 2.75) is 6.92 Å². The molecule has 0 aliphatic carbocycles. The van der Waals surface area contributed by atoms with E-state index in [4.69, 9.17) is 14.2 Å². The Balaban J connectivity index is 1.94. The van der Waals surface area contributed by atoms with Gasteiger partial charge in [-0.1, -0.05) is 0 Å². The van der Waals surface area contributed by atoms with Crippen LogP contribution in [0.25, 0.3) is 16.9 Å². The van der Waals surface area contributed by atoms with Crippen molar-refractivity contribution in [1.29, 1.82) is 0 Å². The van der Waals surface area contributed by atoms with E-state index in [0.29, 0.717) is 22.7 Å². The molecule has 0 aliphatic rings. The molecule has 0 fully saturated rings. The monoisotopic (exact) mass is 517 g/mol. The van der Waals surface area contributed by atoms with Gasteiger partial charge in [-0.05, 0) is 73.7 Å². The molecule has 4 aromatic rings. The Morgan fingerprint density at radius 2 is 1.55 bits per heavy atom. The third-order valence-corrected chi connectivity index (χ3v) is 5.83. The number of halogens is 1. The number of carbonyl (C=O) groups excluding carboxylic acids is 2. The van der Waals surface area contributed by atoms with Crippen LogP contribution in [0.5, 0.6) is 5.75 Å². The molecule has 0 radical (unpaired) electrons. The average molecular weight is 518 g/mol. The number of nitrogens with zero attached hydrogens (tertiary/aromatic N) is 2. The van der Waals surface area contributed by atoms with Gasteiger partial charge in [-0.2, -0.15) is 0 Å². The van der Waals surface area contributed by atoms with Crippen LogP contribution in [0.1, 0.15) is 33.2 Å². The van der Waals surface area contributed by atoms with Crippen LogP contribution in [0.15, 0.2) is 76.5 Å². The van der Waals surface area contributed by atoms with Crippen molar-refractivity contribution >= 4 is 23.3 Å². The fraction of sp³-hybridized carbons (Fsp3) is 0.143. The number of ether oxygens (including phenoxy) is 3. The molecule has 1 aromatic heterocycles. The fourth-order valence-electron chi connectivity index (χ4n) is 3.90. The Labute approximate surface area is 217 Å². The lowest BCUT2D eigenvalue weighted by molar-refractivity contribution is 0.0587. The van der Waals surface area contributed by atoms with E-state index in [9.17, 15) is 18.8 Å². The first-order valence-electron chi connectivity index (χ1n) is 11.4. The van der Waals surface area contributed by atoms with Crippen molar-refractivity contribution in [3.05, 3.63) is 99.6 Å². The Hall–Kier alpha value is -4.99. The van der Waals surface area contributed by atoms with Crippen LogP contribution in [-0.4, -0.2) is 48.8 Å². The topological polar surface area (TPSA) is 112 Å². The van der Waals surface area contributed by atoms with Gasteiger partial charge in [-0.15, -0.1) is 0 Å². The first kappa shape index (κ1) is 26.1. The highest BCUT2D eigenvalue weighted by Gasteiger charge is 2.21.